The molecule has 2 fully saturated rings. The van der Waals surface area contributed by atoms with E-state index in [0.717, 1.165) is 19.3 Å². The summed E-state index contributed by atoms with van der Waals surface area (Å²) in [6.07, 6.45) is 3.50. The maximum atomic E-state index is 12.4. The van der Waals surface area contributed by atoms with Crippen molar-refractivity contribution < 1.29 is 14.7 Å². The van der Waals surface area contributed by atoms with Crippen molar-refractivity contribution in [2.45, 2.75) is 71.0 Å². The van der Waals surface area contributed by atoms with Crippen molar-refractivity contribution in [3.05, 3.63) is 0 Å². The highest BCUT2D eigenvalue weighted by molar-refractivity contribution is 5.81. The molecule has 0 radical (unpaired) electrons. The topological polar surface area (TPSA) is 83.6 Å². The number of aliphatic carboxylic acids is 1. The van der Waals surface area contributed by atoms with Gasteiger partial charge in [0.25, 0.3) is 0 Å². The van der Waals surface area contributed by atoms with Crippen molar-refractivity contribution in [2.75, 3.05) is 0 Å². The van der Waals surface area contributed by atoms with Crippen molar-refractivity contribution in [1.29, 1.82) is 0 Å². The molecule has 0 aliphatic carbocycles. The maximum Gasteiger partial charge on any atom is 0.308 e. The Labute approximate surface area is 120 Å². The van der Waals surface area contributed by atoms with Crippen LogP contribution >= 0.6 is 0 Å². The normalized spacial score (nSPS) is 30.6. The van der Waals surface area contributed by atoms with E-state index in [-0.39, 0.29) is 35.4 Å². The van der Waals surface area contributed by atoms with Gasteiger partial charge in [0.15, 0.2) is 0 Å². The molecule has 2 aliphatic heterocycles. The molecule has 0 saturated carbocycles. The summed E-state index contributed by atoms with van der Waals surface area (Å²) in [7, 11) is 0. The number of nitrogens with two attached hydrogens (primary N) is 1. The van der Waals surface area contributed by atoms with Gasteiger partial charge >= 0.3 is 5.97 Å². The van der Waals surface area contributed by atoms with Crippen molar-refractivity contribution in [3.8, 4) is 0 Å². The Bertz CT molecular complexity index is 402. The van der Waals surface area contributed by atoms with Crippen molar-refractivity contribution in [2.24, 2.45) is 17.1 Å². The van der Waals surface area contributed by atoms with Gasteiger partial charge in [-0.15, -0.1) is 0 Å². The van der Waals surface area contributed by atoms with Crippen LogP contribution in [0.4, 0.5) is 0 Å². The zero-order valence-electron chi connectivity index (χ0n) is 12.6. The van der Waals surface area contributed by atoms with Gasteiger partial charge in [0.2, 0.25) is 5.91 Å². The molecule has 5 heteroatoms. The molecule has 0 aromatic heterocycles. The van der Waals surface area contributed by atoms with Crippen LogP contribution in [-0.2, 0) is 9.59 Å². The molecular formula is C15H26N2O3. The number of carboxylic acid groups (broad SMARTS) is 1. The first-order valence-electron chi connectivity index (χ1n) is 7.48. The molecule has 3 N–H and O–H groups in total. The van der Waals surface area contributed by atoms with Crippen molar-refractivity contribution in [3.63, 3.8) is 0 Å². The summed E-state index contributed by atoms with van der Waals surface area (Å²) >= 11 is 0. The summed E-state index contributed by atoms with van der Waals surface area (Å²) in [6.45, 7) is 6.33. The Hall–Kier alpha value is -1.10. The van der Waals surface area contributed by atoms with Gasteiger partial charge in [-0.1, -0.05) is 20.8 Å². The fourth-order valence-electron chi connectivity index (χ4n) is 3.83. The molecule has 2 aliphatic rings. The molecule has 20 heavy (non-hydrogen) atoms. The third-order valence-corrected chi connectivity index (χ3v) is 4.45. The Morgan fingerprint density at radius 1 is 1.35 bits per heavy atom. The first-order valence-corrected chi connectivity index (χ1v) is 7.48. The lowest BCUT2D eigenvalue weighted by Crippen LogP contribution is -2.41. The van der Waals surface area contributed by atoms with E-state index in [4.69, 9.17) is 5.73 Å². The molecule has 4 atom stereocenters. The standard InChI is InChI=1S/C15H26N2O3/c1-15(2,3)8-9(16)6-13(18)17-10-4-5-12(17)11(7-10)14(19)20/h9-12H,4-8,16H2,1-3H3,(H,19,20). The fourth-order valence-corrected chi connectivity index (χ4v) is 3.83. The van der Waals surface area contributed by atoms with Crippen LogP contribution in [0, 0.1) is 11.3 Å². The van der Waals surface area contributed by atoms with Crippen LogP contribution in [-0.4, -0.2) is 40.0 Å². The van der Waals surface area contributed by atoms with Gasteiger partial charge in [-0.05, 0) is 31.1 Å². The third kappa shape index (κ3) is 3.14. The molecule has 0 spiro atoms. The number of carboxylic acids is 1. The molecule has 2 heterocycles. The second kappa shape index (κ2) is 5.35. The zero-order chi connectivity index (χ0) is 15.1. The average Bonchev–Trinajstić information content (AvgIpc) is 2.82. The van der Waals surface area contributed by atoms with Crippen LogP contribution in [0.3, 0.4) is 0 Å². The first-order chi connectivity index (χ1) is 9.19. The van der Waals surface area contributed by atoms with E-state index in [1.165, 1.54) is 0 Å². The lowest BCUT2D eigenvalue weighted by Gasteiger charge is -2.27. The van der Waals surface area contributed by atoms with Gasteiger partial charge in [0, 0.05) is 24.5 Å². The number of fused-ring (bicyclic) bond motifs is 2. The van der Waals surface area contributed by atoms with E-state index >= 15 is 0 Å². The van der Waals surface area contributed by atoms with Crippen LogP contribution < -0.4 is 5.73 Å². The highest BCUT2D eigenvalue weighted by Gasteiger charge is 2.51. The molecular weight excluding hydrogens is 256 g/mol. The van der Waals surface area contributed by atoms with Gasteiger partial charge in [0.05, 0.1) is 5.92 Å². The predicted octanol–water partition coefficient (Wildman–Crippen LogP) is 1.60. The lowest BCUT2D eigenvalue weighted by molar-refractivity contribution is -0.143. The van der Waals surface area contributed by atoms with Gasteiger partial charge in [-0.3, -0.25) is 9.59 Å². The molecule has 2 bridgehead atoms. The number of hydrogen-bond acceptors (Lipinski definition) is 3. The third-order valence-electron chi connectivity index (χ3n) is 4.45. The SMILES string of the molecule is CC(C)(C)CC(N)CC(=O)N1C2CCC1C(C(=O)O)C2. The van der Waals surface area contributed by atoms with E-state index in [0.29, 0.717) is 12.8 Å². The smallest absolute Gasteiger partial charge is 0.308 e. The molecule has 1 amide bonds. The molecule has 2 saturated heterocycles. The predicted molar refractivity (Wildman–Crippen MR) is 76.1 cm³/mol. The Morgan fingerprint density at radius 3 is 2.50 bits per heavy atom. The number of hydrogen-bond donors (Lipinski definition) is 2. The van der Waals surface area contributed by atoms with E-state index in [9.17, 15) is 14.7 Å². The number of nitrogens with zero attached hydrogens (tertiary/aromatic N) is 1. The summed E-state index contributed by atoms with van der Waals surface area (Å²) in [5, 5.41) is 9.21. The number of carbonyl (C=O) groups is 2. The first kappa shape index (κ1) is 15.3. The Morgan fingerprint density at radius 2 is 2.00 bits per heavy atom. The summed E-state index contributed by atoms with van der Waals surface area (Å²) in [5.74, 6) is -1.11. The number of amides is 1. The molecule has 114 valence electrons. The lowest BCUT2D eigenvalue weighted by atomic mass is 9.87. The molecule has 2 rings (SSSR count). The monoisotopic (exact) mass is 282 g/mol. The Balaban J connectivity index is 1.95. The van der Waals surface area contributed by atoms with Crippen molar-refractivity contribution >= 4 is 11.9 Å². The quantitative estimate of drug-likeness (QED) is 0.820. The number of carbonyl (C=O) groups excluding carboxylic acids is 1. The highest BCUT2D eigenvalue weighted by atomic mass is 16.4. The average molecular weight is 282 g/mol. The molecule has 0 aromatic carbocycles. The van der Waals surface area contributed by atoms with Gasteiger partial charge < -0.3 is 15.7 Å². The van der Waals surface area contributed by atoms with Crippen LogP contribution in [0.5, 0.6) is 0 Å². The van der Waals surface area contributed by atoms with Crippen LogP contribution in [0.1, 0.15) is 52.9 Å². The minimum atomic E-state index is -0.769. The molecule has 0 aromatic rings. The van der Waals surface area contributed by atoms with E-state index in [1.807, 2.05) is 4.90 Å². The summed E-state index contributed by atoms with van der Waals surface area (Å²) in [4.78, 5) is 25.5. The van der Waals surface area contributed by atoms with Gasteiger partial charge in [-0.2, -0.15) is 0 Å². The number of rotatable bonds is 4. The minimum absolute atomic E-state index is 0.0398. The largest absolute Gasteiger partial charge is 0.481 e. The summed E-state index contributed by atoms with van der Waals surface area (Å²) < 4.78 is 0. The summed E-state index contributed by atoms with van der Waals surface area (Å²) in [5.41, 5.74) is 6.17. The van der Waals surface area contributed by atoms with E-state index < -0.39 is 5.97 Å². The van der Waals surface area contributed by atoms with E-state index in [1.54, 1.807) is 0 Å². The van der Waals surface area contributed by atoms with Crippen LogP contribution in [0.25, 0.3) is 0 Å². The summed E-state index contributed by atoms with van der Waals surface area (Å²) in [6, 6.07) is -0.131. The highest BCUT2D eigenvalue weighted by Crippen LogP contribution is 2.42. The fraction of sp³-hybridized carbons (Fsp3) is 0.867. The van der Waals surface area contributed by atoms with Gasteiger partial charge in [0.1, 0.15) is 0 Å². The minimum Gasteiger partial charge on any atom is -0.481 e. The van der Waals surface area contributed by atoms with Crippen LogP contribution in [0.15, 0.2) is 0 Å². The molecule has 5 nitrogen and oxygen atoms in total. The second-order valence-corrected chi connectivity index (χ2v) is 7.51. The van der Waals surface area contributed by atoms with Crippen molar-refractivity contribution in [1.82, 2.24) is 4.90 Å². The second-order valence-electron chi connectivity index (χ2n) is 7.51. The maximum absolute atomic E-state index is 12.4. The van der Waals surface area contributed by atoms with E-state index in [2.05, 4.69) is 20.8 Å². The van der Waals surface area contributed by atoms with Crippen LogP contribution in [0.2, 0.25) is 0 Å². The van der Waals surface area contributed by atoms with Gasteiger partial charge in [-0.25, -0.2) is 0 Å². The Kier molecular flexibility index (Phi) is 4.09. The zero-order valence-corrected chi connectivity index (χ0v) is 12.6. The molecule has 4 unspecified atom stereocenters.